The van der Waals surface area contributed by atoms with Crippen molar-refractivity contribution >= 4 is 11.9 Å². The molecule has 2 aliphatic rings. The number of rotatable bonds is 3. The van der Waals surface area contributed by atoms with Crippen LogP contribution in [0.3, 0.4) is 0 Å². The maximum Gasteiger partial charge on any atom is 0.263 e. The molecule has 2 aromatic rings. The molecular weight excluding hydrogens is 292 g/mol. The molecule has 2 aliphatic heterocycles. The van der Waals surface area contributed by atoms with E-state index in [0.717, 1.165) is 18.6 Å². The quantitative estimate of drug-likeness (QED) is 0.930. The van der Waals surface area contributed by atoms with E-state index < -0.39 is 0 Å². The van der Waals surface area contributed by atoms with E-state index in [9.17, 15) is 4.79 Å². The predicted molar refractivity (Wildman–Crippen MR) is 85.2 cm³/mol. The average Bonchev–Trinajstić information content (AvgIpc) is 2.57. The Balaban J connectivity index is 1.32. The first-order valence-corrected chi connectivity index (χ1v) is 7.86. The van der Waals surface area contributed by atoms with Crippen LogP contribution in [0, 0.1) is 0 Å². The molecular formula is C17H18N4O2. The molecule has 6 nitrogen and oxygen atoms in total. The normalized spacial score (nSPS) is 20.2. The van der Waals surface area contributed by atoms with Gasteiger partial charge in [-0.2, -0.15) is 0 Å². The maximum atomic E-state index is 12.5. The van der Waals surface area contributed by atoms with Crippen molar-refractivity contribution in [1.29, 1.82) is 0 Å². The first-order valence-electron chi connectivity index (χ1n) is 7.86. The van der Waals surface area contributed by atoms with Crippen molar-refractivity contribution in [1.82, 2.24) is 14.9 Å². The fourth-order valence-electron chi connectivity index (χ4n) is 3.01. The molecule has 0 saturated carbocycles. The van der Waals surface area contributed by atoms with Crippen molar-refractivity contribution in [2.24, 2.45) is 0 Å². The van der Waals surface area contributed by atoms with Crippen LogP contribution >= 0.6 is 0 Å². The number of anilines is 1. The summed E-state index contributed by atoms with van der Waals surface area (Å²) < 4.78 is 5.87. The highest BCUT2D eigenvalue weighted by molar-refractivity contribution is 5.82. The zero-order valence-electron chi connectivity index (χ0n) is 12.7. The standard InChI is InChI=1S/C17H18N4O2/c22-16(15-7-6-12-4-1-2-5-14(12)23-15)21-10-13(11-21)20-17-18-8-3-9-19-17/h1-5,8-9,13,15H,6-7,10-11H2,(H,18,19,20)/t15-/m0/s1. The third-order valence-electron chi connectivity index (χ3n) is 4.29. The molecule has 1 fully saturated rings. The Morgan fingerprint density at radius 1 is 1.17 bits per heavy atom. The van der Waals surface area contributed by atoms with Gasteiger partial charge < -0.3 is 15.0 Å². The number of nitrogens with zero attached hydrogens (tertiary/aromatic N) is 3. The van der Waals surface area contributed by atoms with Gasteiger partial charge in [-0.05, 0) is 30.5 Å². The van der Waals surface area contributed by atoms with E-state index in [4.69, 9.17) is 4.74 Å². The summed E-state index contributed by atoms with van der Waals surface area (Å²) in [6, 6.07) is 9.91. The van der Waals surface area contributed by atoms with Crippen LogP contribution in [0.2, 0.25) is 0 Å². The van der Waals surface area contributed by atoms with E-state index in [1.807, 2.05) is 23.1 Å². The molecule has 1 atom stereocenters. The van der Waals surface area contributed by atoms with Crippen molar-refractivity contribution in [3.8, 4) is 5.75 Å². The number of carbonyl (C=O) groups excluding carboxylic acids is 1. The number of fused-ring (bicyclic) bond motifs is 1. The van der Waals surface area contributed by atoms with E-state index in [2.05, 4.69) is 21.4 Å². The molecule has 1 aromatic carbocycles. The Bertz CT molecular complexity index is 701. The monoisotopic (exact) mass is 310 g/mol. The number of hydrogen-bond donors (Lipinski definition) is 1. The largest absolute Gasteiger partial charge is 0.480 e. The molecule has 0 radical (unpaired) electrons. The van der Waals surface area contributed by atoms with Crippen molar-refractivity contribution in [2.75, 3.05) is 18.4 Å². The fourth-order valence-corrected chi connectivity index (χ4v) is 3.01. The zero-order chi connectivity index (χ0) is 15.6. The third-order valence-corrected chi connectivity index (χ3v) is 4.29. The second kappa shape index (κ2) is 5.87. The van der Waals surface area contributed by atoms with Crippen LogP contribution in [0.5, 0.6) is 5.75 Å². The topological polar surface area (TPSA) is 67.3 Å². The molecule has 3 heterocycles. The summed E-state index contributed by atoms with van der Waals surface area (Å²) >= 11 is 0. The molecule has 6 heteroatoms. The van der Waals surface area contributed by atoms with Gasteiger partial charge in [0.05, 0.1) is 6.04 Å². The summed E-state index contributed by atoms with van der Waals surface area (Å²) in [6.45, 7) is 1.33. The second-order valence-corrected chi connectivity index (χ2v) is 5.91. The number of carbonyl (C=O) groups is 1. The Labute approximate surface area is 134 Å². The number of nitrogens with one attached hydrogen (secondary N) is 1. The molecule has 1 N–H and O–H groups in total. The second-order valence-electron chi connectivity index (χ2n) is 5.91. The van der Waals surface area contributed by atoms with E-state index in [-0.39, 0.29) is 18.1 Å². The van der Waals surface area contributed by atoms with Crippen LogP contribution in [-0.4, -0.2) is 46.0 Å². The van der Waals surface area contributed by atoms with Crippen LogP contribution in [0.25, 0.3) is 0 Å². The van der Waals surface area contributed by atoms with E-state index in [0.29, 0.717) is 19.0 Å². The minimum absolute atomic E-state index is 0.0755. The first kappa shape index (κ1) is 14.0. The summed E-state index contributed by atoms with van der Waals surface area (Å²) in [5.74, 6) is 1.52. The van der Waals surface area contributed by atoms with Crippen LogP contribution in [0.15, 0.2) is 42.7 Å². The Hall–Kier alpha value is -2.63. The third kappa shape index (κ3) is 2.84. The summed E-state index contributed by atoms with van der Waals surface area (Å²) in [5, 5.41) is 3.22. The summed E-state index contributed by atoms with van der Waals surface area (Å²) in [5.41, 5.74) is 1.18. The number of aromatic nitrogens is 2. The number of amides is 1. The van der Waals surface area contributed by atoms with Gasteiger partial charge in [-0.15, -0.1) is 0 Å². The highest BCUT2D eigenvalue weighted by atomic mass is 16.5. The lowest BCUT2D eigenvalue weighted by Crippen LogP contribution is -2.60. The first-order chi connectivity index (χ1) is 11.3. The molecule has 1 aromatic heterocycles. The van der Waals surface area contributed by atoms with Crippen molar-refractivity contribution in [3.63, 3.8) is 0 Å². The molecule has 0 spiro atoms. The summed E-state index contributed by atoms with van der Waals surface area (Å²) in [6.07, 6.45) is 4.67. The zero-order valence-corrected chi connectivity index (χ0v) is 12.7. The van der Waals surface area contributed by atoms with Gasteiger partial charge in [0.1, 0.15) is 5.75 Å². The number of aryl methyl sites for hydroxylation is 1. The summed E-state index contributed by atoms with van der Waals surface area (Å²) in [7, 11) is 0. The molecule has 0 bridgehead atoms. The van der Waals surface area contributed by atoms with Gasteiger partial charge in [0.15, 0.2) is 6.10 Å². The number of benzene rings is 1. The molecule has 0 unspecified atom stereocenters. The molecule has 1 saturated heterocycles. The van der Waals surface area contributed by atoms with Crippen LogP contribution in [-0.2, 0) is 11.2 Å². The molecule has 0 aliphatic carbocycles. The average molecular weight is 310 g/mol. The van der Waals surface area contributed by atoms with Gasteiger partial charge in [0.2, 0.25) is 5.95 Å². The predicted octanol–water partition coefficient (Wildman–Crippen LogP) is 1.49. The lowest BCUT2D eigenvalue weighted by molar-refractivity contribution is -0.143. The van der Waals surface area contributed by atoms with Crippen LogP contribution in [0.1, 0.15) is 12.0 Å². The number of likely N-dealkylation sites (tertiary alicyclic amines) is 1. The van der Waals surface area contributed by atoms with Crippen molar-refractivity contribution in [3.05, 3.63) is 48.3 Å². The smallest absolute Gasteiger partial charge is 0.263 e. The van der Waals surface area contributed by atoms with E-state index in [1.165, 1.54) is 5.56 Å². The minimum atomic E-state index is -0.362. The Kier molecular flexibility index (Phi) is 3.57. The van der Waals surface area contributed by atoms with Gasteiger partial charge in [-0.1, -0.05) is 18.2 Å². The van der Waals surface area contributed by atoms with Gasteiger partial charge in [0.25, 0.3) is 5.91 Å². The fraction of sp³-hybridized carbons (Fsp3) is 0.353. The van der Waals surface area contributed by atoms with Gasteiger partial charge in [0, 0.05) is 25.5 Å². The SMILES string of the molecule is O=C([C@@H]1CCc2ccccc2O1)N1CC(Nc2ncccn2)C1. The lowest BCUT2D eigenvalue weighted by atomic mass is 10.00. The number of ether oxygens (including phenoxy) is 1. The van der Waals surface area contributed by atoms with Gasteiger partial charge in [-0.25, -0.2) is 9.97 Å². The van der Waals surface area contributed by atoms with E-state index >= 15 is 0 Å². The molecule has 4 rings (SSSR count). The van der Waals surface area contributed by atoms with Crippen molar-refractivity contribution < 1.29 is 9.53 Å². The Morgan fingerprint density at radius 2 is 1.96 bits per heavy atom. The molecule has 118 valence electrons. The maximum absolute atomic E-state index is 12.5. The van der Waals surface area contributed by atoms with Gasteiger partial charge in [-0.3, -0.25) is 4.79 Å². The molecule has 23 heavy (non-hydrogen) atoms. The Morgan fingerprint density at radius 3 is 2.78 bits per heavy atom. The highest BCUT2D eigenvalue weighted by Gasteiger charge is 2.37. The van der Waals surface area contributed by atoms with E-state index in [1.54, 1.807) is 18.5 Å². The van der Waals surface area contributed by atoms with Crippen molar-refractivity contribution in [2.45, 2.75) is 25.0 Å². The molecule has 1 amide bonds. The number of para-hydroxylation sites is 1. The van der Waals surface area contributed by atoms with Crippen LogP contribution < -0.4 is 10.1 Å². The highest BCUT2D eigenvalue weighted by Crippen LogP contribution is 2.28. The number of hydrogen-bond acceptors (Lipinski definition) is 5. The van der Waals surface area contributed by atoms with Gasteiger partial charge >= 0.3 is 0 Å². The lowest BCUT2D eigenvalue weighted by Gasteiger charge is -2.41. The minimum Gasteiger partial charge on any atom is -0.480 e. The summed E-state index contributed by atoms with van der Waals surface area (Å²) in [4.78, 5) is 22.6. The van der Waals surface area contributed by atoms with Crippen LogP contribution in [0.4, 0.5) is 5.95 Å².